The minimum absolute atomic E-state index is 0.240. The van der Waals surface area contributed by atoms with Gasteiger partial charge in [0.2, 0.25) is 0 Å². The van der Waals surface area contributed by atoms with Crippen LogP contribution in [-0.4, -0.2) is 58.7 Å². The first kappa shape index (κ1) is 18.6. The zero-order valence-electron chi connectivity index (χ0n) is 16.6. The highest BCUT2D eigenvalue weighted by atomic mass is 16.6. The molecule has 4 N–H and O–H groups in total. The summed E-state index contributed by atoms with van der Waals surface area (Å²) in [5.74, 6) is 1.17. The van der Waals surface area contributed by atoms with Crippen molar-refractivity contribution < 1.29 is 9.53 Å². The summed E-state index contributed by atoms with van der Waals surface area (Å²) >= 11 is 0. The third kappa shape index (κ3) is 3.17. The van der Waals surface area contributed by atoms with Crippen LogP contribution in [0.25, 0.3) is 0 Å². The van der Waals surface area contributed by atoms with Gasteiger partial charge in [-0.3, -0.25) is 10.4 Å². The van der Waals surface area contributed by atoms with E-state index in [-0.39, 0.29) is 23.3 Å². The minimum Gasteiger partial charge on any atom is -0.447 e. The van der Waals surface area contributed by atoms with Crippen LogP contribution in [-0.2, 0) is 11.2 Å². The number of nitrogens with zero attached hydrogens (tertiary/aromatic N) is 5. The maximum absolute atomic E-state index is 11.4. The van der Waals surface area contributed by atoms with Crippen LogP contribution in [0.2, 0.25) is 0 Å². The molecule has 0 bridgehead atoms. The van der Waals surface area contributed by atoms with Crippen molar-refractivity contribution >= 4 is 29.3 Å². The Morgan fingerprint density at radius 3 is 2.83 bits per heavy atom. The van der Waals surface area contributed by atoms with Gasteiger partial charge in [-0.05, 0) is 37.8 Å². The van der Waals surface area contributed by atoms with Gasteiger partial charge in [-0.1, -0.05) is 0 Å². The van der Waals surface area contributed by atoms with E-state index in [2.05, 4.69) is 25.2 Å². The molecule has 0 aromatic carbocycles. The molecule has 5 heterocycles. The van der Waals surface area contributed by atoms with Crippen LogP contribution in [0.5, 0.6) is 0 Å². The molecule has 3 aliphatic heterocycles. The Bertz CT molecular complexity index is 1000. The standard InChI is InChI=1S/C20H24N8O2/c21-17-16(18(22)28-8-2-3-13-14(28)4-1-7-23-13)24-11-15(25-17)27-9-5-20(6-10-27)12-30-19(29)26-20/h1,4,7,11,22H,2-3,5-6,8-10,12H2,(H2,21,25)(H,26,29). The second kappa shape index (κ2) is 7.12. The zero-order valence-corrected chi connectivity index (χ0v) is 16.6. The van der Waals surface area contributed by atoms with Gasteiger partial charge in [0.05, 0.1) is 23.1 Å². The van der Waals surface area contributed by atoms with E-state index < -0.39 is 0 Å². The molecule has 0 unspecified atom stereocenters. The minimum atomic E-state index is -0.343. The number of nitrogen functional groups attached to an aromatic ring is 1. The number of fused-ring (bicyclic) bond motifs is 1. The fourth-order valence-electron chi connectivity index (χ4n) is 4.41. The van der Waals surface area contributed by atoms with Crippen LogP contribution in [0.4, 0.5) is 22.1 Å². The molecule has 1 amide bonds. The van der Waals surface area contributed by atoms with Gasteiger partial charge in [-0.15, -0.1) is 0 Å². The average molecular weight is 408 g/mol. The third-order valence-corrected chi connectivity index (χ3v) is 6.12. The fraction of sp³-hybridized carbons (Fsp3) is 0.450. The van der Waals surface area contributed by atoms with Gasteiger partial charge in [0.25, 0.3) is 0 Å². The smallest absolute Gasteiger partial charge is 0.407 e. The van der Waals surface area contributed by atoms with Crippen molar-refractivity contribution in [3.8, 4) is 0 Å². The number of cyclic esters (lactones) is 1. The molecule has 0 saturated carbocycles. The van der Waals surface area contributed by atoms with Crippen molar-refractivity contribution in [3.05, 3.63) is 35.9 Å². The van der Waals surface area contributed by atoms with Crippen molar-refractivity contribution in [2.75, 3.05) is 41.8 Å². The molecule has 1 spiro atoms. The van der Waals surface area contributed by atoms with Crippen LogP contribution in [0.3, 0.4) is 0 Å². The number of aryl methyl sites for hydroxylation is 1. The van der Waals surface area contributed by atoms with Crippen molar-refractivity contribution in [2.45, 2.75) is 31.2 Å². The summed E-state index contributed by atoms with van der Waals surface area (Å²) < 4.78 is 5.08. The predicted octanol–water partition coefficient (Wildman–Crippen LogP) is 1.31. The van der Waals surface area contributed by atoms with Crippen LogP contribution in [0, 0.1) is 5.41 Å². The molecule has 0 radical (unpaired) electrons. The van der Waals surface area contributed by atoms with Gasteiger partial charge < -0.3 is 25.6 Å². The molecule has 10 nitrogen and oxygen atoms in total. The Kier molecular flexibility index (Phi) is 4.41. The summed E-state index contributed by atoms with van der Waals surface area (Å²) in [6.07, 6.45) is 6.49. The fourth-order valence-corrected chi connectivity index (χ4v) is 4.41. The Balaban J connectivity index is 1.32. The molecule has 156 valence electrons. The molecule has 30 heavy (non-hydrogen) atoms. The maximum Gasteiger partial charge on any atom is 0.407 e. The summed E-state index contributed by atoms with van der Waals surface area (Å²) in [5, 5.41) is 11.6. The number of hydrogen-bond acceptors (Lipinski definition) is 8. The third-order valence-electron chi connectivity index (χ3n) is 6.12. The highest BCUT2D eigenvalue weighted by Crippen LogP contribution is 2.30. The summed E-state index contributed by atoms with van der Waals surface area (Å²) in [7, 11) is 0. The Morgan fingerprint density at radius 2 is 2.10 bits per heavy atom. The number of pyridine rings is 1. The summed E-state index contributed by atoms with van der Waals surface area (Å²) in [4.78, 5) is 28.9. The quantitative estimate of drug-likeness (QED) is 0.500. The van der Waals surface area contributed by atoms with Crippen molar-refractivity contribution in [1.82, 2.24) is 20.3 Å². The van der Waals surface area contributed by atoms with Crippen molar-refractivity contribution in [1.29, 1.82) is 5.41 Å². The number of rotatable bonds is 2. The lowest BCUT2D eigenvalue weighted by Crippen LogP contribution is -2.52. The lowest BCUT2D eigenvalue weighted by molar-refractivity contribution is 0.168. The molecule has 0 atom stereocenters. The number of ether oxygens (including phenoxy) is 1. The SMILES string of the molecule is N=C(c1ncc(N2CCC3(CC2)COC(=O)N3)nc1N)N1CCCc2ncccc21. The van der Waals surface area contributed by atoms with Crippen LogP contribution < -0.4 is 20.9 Å². The number of hydrogen-bond donors (Lipinski definition) is 3. The second-order valence-corrected chi connectivity index (χ2v) is 8.00. The van der Waals surface area contributed by atoms with E-state index in [1.165, 1.54) is 0 Å². The van der Waals surface area contributed by atoms with E-state index in [1.807, 2.05) is 17.0 Å². The van der Waals surface area contributed by atoms with E-state index in [0.29, 0.717) is 18.1 Å². The largest absolute Gasteiger partial charge is 0.447 e. The number of carbonyl (C=O) groups excluding carboxylic acids is 1. The number of alkyl carbamates (subject to hydrolysis) is 1. The average Bonchev–Trinajstić information content (AvgIpc) is 3.13. The second-order valence-electron chi connectivity index (χ2n) is 8.00. The number of aromatic nitrogens is 3. The van der Waals surface area contributed by atoms with Crippen LogP contribution in [0.15, 0.2) is 24.5 Å². The number of anilines is 3. The maximum atomic E-state index is 11.4. The number of amidine groups is 1. The lowest BCUT2D eigenvalue weighted by Gasteiger charge is -2.38. The Labute approximate surface area is 174 Å². The normalized spacial score (nSPS) is 19.9. The lowest BCUT2D eigenvalue weighted by atomic mass is 9.89. The Morgan fingerprint density at radius 1 is 1.27 bits per heavy atom. The van der Waals surface area contributed by atoms with E-state index in [0.717, 1.165) is 56.7 Å². The molecule has 5 rings (SSSR count). The van der Waals surface area contributed by atoms with E-state index in [4.69, 9.17) is 15.9 Å². The van der Waals surface area contributed by atoms with Gasteiger partial charge in [-0.2, -0.15) is 0 Å². The number of carbonyl (C=O) groups is 1. The first-order chi connectivity index (χ1) is 14.5. The molecule has 10 heteroatoms. The number of nitrogens with one attached hydrogen (secondary N) is 2. The molecule has 2 saturated heterocycles. The van der Waals surface area contributed by atoms with Crippen LogP contribution in [0.1, 0.15) is 30.7 Å². The van der Waals surface area contributed by atoms with Gasteiger partial charge in [0.1, 0.15) is 18.1 Å². The molecule has 3 aliphatic rings. The molecule has 2 fully saturated rings. The predicted molar refractivity (Wildman–Crippen MR) is 112 cm³/mol. The van der Waals surface area contributed by atoms with Crippen LogP contribution >= 0.6 is 0 Å². The Hall–Kier alpha value is -3.43. The molecular formula is C20H24N8O2. The first-order valence-corrected chi connectivity index (χ1v) is 10.2. The van der Waals surface area contributed by atoms with Gasteiger partial charge in [0, 0.05) is 25.8 Å². The number of nitrogens with two attached hydrogens (primary N) is 1. The van der Waals surface area contributed by atoms with E-state index in [9.17, 15) is 4.79 Å². The molecule has 2 aromatic heterocycles. The van der Waals surface area contributed by atoms with E-state index >= 15 is 0 Å². The van der Waals surface area contributed by atoms with Crippen molar-refractivity contribution in [2.24, 2.45) is 0 Å². The number of piperidine rings is 1. The first-order valence-electron chi connectivity index (χ1n) is 10.2. The highest BCUT2D eigenvalue weighted by Gasteiger charge is 2.42. The van der Waals surface area contributed by atoms with Gasteiger partial charge in [0.15, 0.2) is 11.7 Å². The molecule has 0 aliphatic carbocycles. The zero-order chi connectivity index (χ0) is 20.7. The van der Waals surface area contributed by atoms with Crippen molar-refractivity contribution in [3.63, 3.8) is 0 Å². The molecule has 2 aromatic rings. The molecular weight excluding hydrogens is 384 g/mol. The van der Waals surface area contributed by atoms with E-state index in [1.54, 1.807) is 12.4 Å². The van der Waals surface area contributed by atoms with Gasteiger partial charge >= 0.3 is 6.09 Å². The summed E-state index contributed by atoms with van der Waals surface area (Å²) in [5.41, 5.74) is 8.25. The monoisotopic (exact) mass is 408 g/mol. The van der Waals surface area contributed by atoms with Gasteiger partial charge in [-0.25, -0.2) is 14.8 Å². The topological polar surface area (TPSA) is 133 Å². The summed E-state index contributed by atoms with van der Waals surface area (Å²) in [6.45, 7) is 2.58. The highest BCUT2D eigenvalue weighted by molar-refractivity contribution is 6.09. The summed E-state index contributed by atoms with van der Waals surface area (Å²) in [6, 6.07) is 3.85. The number of amides is 1.